The van der Waals surface area contributed by atoms with Crippen LogP contribution in [0.5, 0.6) is 0 Å². The van der Waals surface area contributed by atoms with Crippen LogP contribution in [0, 0.1) is 6.92 Å². The maximum absolute atomic E-state index is 11.3. The highest BCUT2D eigenvalue weighted by Crippen LogP contribution is 2.23. The molecular formula is C8H7N3O4S. The van der Waals surface area contributed by atoms with Gasteiger partial charge in [-0.1, -0.05) is 0 Å². The van der Waals surface area contributed by atoms with Gasteiger partial charge in [0, 0.05) is 4.88 Å². The Balaban J connectivity index is 2.79. The van der Waals surface area contributed by atoms with Gasteiger partial charge in [-0.25, -0.2) is 29.1 Å². The third kappa shape index (κ3) is 1.48. The molecule has 0 spiro atoms. The quantitative estimate of drug-likeness (QED) is 0.683. The van der Waals surface area contributed by atoms with Crippen LogP contribution in [0.4, 0.5) is 0 Å². The van der Waals surface area contributed by atoms with Gasteiger partial charge in [0.05, 0.1) is 5.56 Å². The van der Waals surface area contributed by atoms with Gasteiger partial charge in [0.1, 0.15) is 5.00 Å². The second kappa shape index (κ2) is 3.49. The summed E-state index contributed by atoms with van der Waals surface area (Å²) in [5.41, 5.74) is -1.43. The zero-order chi connectivity index (χ0) is 11.9. The Morgan fingerprint density at radius 1 is 1.38 bits per heavy atom. The van der Waals surface area contributed by atoms with Gasteiger partial charge in [0.15, 0.2) is 0 Å². The lowest BCUT2D eigenvalue weighted by Gasteiger charge is -1.95. The molecule has 0 saturated carbocycles. The summed E-state index contributed by atoms with van der Waals surface area (Å²) < 4.78 is 0.765. The van der Waals surface area contributed by atoms with E-state index in [2.05, 4.69) is 10.2 Å². The SMILES string of the molecule is Cc1cc(C(=O)O)c(-n2c(=O)[nH][nH]c2=O)s1. The van der Waals surface area contributed by atoms with Crippen LogP contribution in [-0.4, -0.2) is 25.8 Å². The summed E-state index contributed by atoms with van der Waals surface area (Å²) >= 11 is 1.07. The number of thiophene rings is 1. The molecule has 8 heteroatoms. The van der Waals surface area contributed by atoms with Crippen molar-refractivity contribution < 1.29 is 9.90 Å². The maximum Gasteiger partial charge on any atom is 0.349 e. The molecule has 2 aromatic rings. The van der Waals surface area contributed by atoms with E-state index in [0.717, 1.165) is 15.9 Å². The van der Waals surface area contributed by atoms with Crippen molar-refractivity contribution in [2.45, 2.75) is 6.92 Å². The largest absolute Gasteiger partial charge is 0.478 e. The average molecular weight is 241 g/mol. The fraction of sp³-hybridized carbons (Fsp3) is 0.125. The minimum Gasteiger partial charge on any atom is -0.478 e. The first-order chi connectivity index (χ1) is 7.50. The second-order valence-corrected chi connectivity index (χ2v) is 4.31. The van der Waals surface area contributed by atoms with E-state index in [1.165, 1.54) is 6.07 Å². The molecule has 0 fully saturated rings. The Labute approximate surface area is 92.0 Å². The number of carboxylic acids is 1. The standard InChI is InChI=1S/C8H7N3O4S/c1-3-2-4(6(12)13)5(16-3)11-7(14)9-10-8(11)15/h2H,1H3,(H,9,14)(H,10,15)(H,12,13). The van der Waals surface area contributed by atoms with Gasteiger partial charge in [-0.15, -0.1) is 11.3 Å². The van der Waals surface area contributed by atoms with Crippen LogP contribution in [0.15, 0.2) is 15.7 Å². The van der Waals surface area contributed by atoms with Crippen molar-refractivity contribution >= 4 is 17.3 Å². The van der Waals surface area contributed by atoms with E-state index < -0.39 is 17.3 Å². The van der Waals surface area contributed by atoms with Gasteiger partial charge in [0.25, 0.3) is 0 Å². The van der Waals surface area contributed by atoms with Crippen LogP contribution in [0.25, 0.3) is 5.00 Å². The van der Waals surface area contributed by atoms with Crippen LogP contribution in [0.3, 0.4) is 0 Å². The number of aromatic carboxylic acids is 1. The number of rotatable bonds is 2. The van der Waals surface area contributed by atoms with Gasteiger partial charge < -0.3 is 5.11 Å². The van der Waals surface area contributed by atoms with Crippen LogP contribution in [-0.2, 0) is 0 Å². The highest BCUT2D eigenvalue weighted by Gasteiger charge is 2.18. The third-order valence-corrected chi connectivity index (χ3v) is 2.99. The molecule has 0 aliphatic rings. The Morgan fingerprint density at radius 2 is 1.94 bits per heavy atom. The normalized spacial score (nSPS) is 10.6. The highest BCUT2D eigenvalue weighted by atomic mass is 32.1. The van der Waals surface area contributed by atoms with E-state index in [-0.39, 0.29) is 10.6 Å². The molecule has 16 heavy (non-hydrogen) atoms. The number of carbonyl (C=O) groups is 1. The number of hydrogen-bond donors (Lipinski definition) is 3. The van der Waals surface area contributed by atoms with Gasteiger partial charge >= 0.3 is 17.3 Å². The molecule has 0 atom stereocenters. The number of aryl methyl sites for hydroxylation is 1. The molecule has 0 radical (unpaired) electrons. The summed E-state index contributed by atoms with van der Waals surface area (Å²) in [6, 6.07) is 1.42. The van der Waals surface area contributed by atoms with Crippen LogP contribution in [0.2, 0.25) is 0 Å². The van der Waals surface area contributed by atoms with Gasteiger partial charge in [-0.05, 0) is 13.0 Å². The summed E-state index contributed by atoms with van der Waals surface area (Å²) in [6.45, 7) is 1.70. The van der Waals surface area contributed by atoms with Crippen molar-refractivity contribution in [2.24, 2.45) is 0 Å². The van der Waals surface area contributed by atoms with Crippen LogP contribution < -0.4 is 11.4 Å². The summed E-state index contributed by atoms with van der Waals surface area (Å²) in [5, 5.41) is 13.2. The van der Waals surface area contributed by atoms with Gasteiger partial charge in [-0.2, -0.15) is 0 Å². The highest BCUT2D eigenvalue weighted by molar-refractivity contribution is 7.14. The van der Waals surface area contributed by atoms with Crippen molar-refractivity contribution in [3.05, 3.63) is 37.5 Å². The zero-order valence-corrected chi connectivity index (χ0v) is 8.92. The number of carboxylic acid groups (broad SMARTS) is 1. The predicted octanol–water partition coefficient (Wildman–Crippen LogP) is -0.0780. The van der Waals surface area contributed by atoms with E-state index in [9.17, 15) is 14.4 Å². The number of nitrogens with one attached hydrogen (secondary N) is 2. The van der Waals surface area contributed by atoms with E-state index in [0.29, 0.717) is 4.88 Å². The molecule has 7 nitrogen and oxygen atoms in total. The summed E-state index contributed by atoms with van der Waals surface area (Å²) in [5.74, 6) is -1.17. The molecule has 2 heterocycles. The Kier molecular flexibility index (Phi) is 2.27. The van der Waals surface area contributed by atoms with Gasteiger partial charge in [-0.3, -0.25) is 0 Å². The van der Waals surface area contributed by atoms with E-state index in [4.69, 9.17) is 5.11 Å². The Bertz CT molecular complexity index is 632. The molecule has 0 bridgehead atoms. The second-order valence-electron chi connectivity index (χ2n) is 3.08. The molecule has 3 N–H and O–H groups in total. The van der Waals surface area contributed by atoms with Crippen molar-refractivity contribution in [3.8, 4) is 5.00 Å². The van der Waals surface area contributed by atoms with Crippen molar-refractivity contribution in [3.63, 3.8) is 0 Å². The molecule has 0 aliphatic carbocycles. The third-order valence-electron chi connectivity index (χ3n) is 1.95. The minimum atomic E-state index is -1.17. The van der Waals surface area contributed by atoms with Crippen molar-refractivity contribution in [2.75, 3.05) is 0 Å². The van der Waals surface area contributed by atoms with Crippen LogP contribution >= 0.6 is 11.3 Å². The van der Waals surface area contributed by atoms with E-state index in [1.54, 1.807) is 6.92 Å². The lowest BCUT2D eigenvalue weighted by molar-refractivity contribution is 0.0697. The zero-order valence-electron chi connectivity index (χ0n) is 8.10. The first-order valence-corrected chi connectivity index (χ1v) is 5.06. The van der Waals surface area contributed by atoms with Gasteiger partial charge in [0.2, 0.25) is 0 Å². The van der Waals surface area contributed by atoms with E-state index >= 15 is 0 Å². The fourth-order valence-electron chi connectivity index (χ4n) is 1.32. The molecule has 0 amide bonds. The molecule has 2 rings (SSSR count). The Morgan fingerprint density at radius 3 is 2.44 bits per heavy atom. The number of hydrogen-bond acceptors (Lipinski definition) is 4. The molecule has 2 aromatic heterocycles. The Hall–Kier alpha value is -2.09. The molecule has 0 aromatic carbocycles. The minimum absolute atomic E-state index is 0.0605. The fourth-order valence-corrected chi connectivity index (χ4v) is 2.31. The molecule has 84 valence electrons. The topological polar surface area (TPSA) is 108 Å². The summed E-state index contributed by atoms with van der Waals surface area (Å²) in [6.07, 6.45) is 0. The molecular weight excluding hydrogens is 234 g/mol. The van der Waals surface area contributed by atoms with E-state index in [1.807, 2.05) is 0 Å². The lowest BCUT2D eigenvalue weighted by Crippen LogP contribution is -2.25. The smallest absolute Gasteiger partial charge is 0.349 e. The first-order valence-electron chi connectivity index (χ1n) is 4.24. The number of aromatic nitrogens is 3. The molecule has 0 saturated heterocycles. The maximum atomic E-state index is 11.3. The molecule has 0 unspecified atom stereocenters. The lowest BCUT2D eigenvalue weighted by atomic mass is 10.3. The number of H-pyrrole nitrogens is 2. The van der Waals surface area contributed by atoms with Crippen LogP contribution in [0.1, 0.15) is 15.2 Å². The number of nitrogens with zero attached hydrogens (tertiary/aromatic N) is 1. The van der Waals surface area contributed by atoms with Crippen molar-refractivity contribution in [1.29, 1.82) is 0 Å². The average Bonchev–Trinajstić information content (AvgIpc) is 2.70. The monoisotopic (exact) mass is 241 g/mol. The summed E-state index contributed by atoms with van der Waals surface area (Å²) in [7, 11) is 0. The first kappa shape index (κ1) is 10.4. The predicted molar refractivity (Wildman–Crippen MR) is 56.6 cm³/mol. The number of aromatic amines is 2. The van der Waals surface area contributed by atoms with Crippen molar-refractivity contribution in [1.82, 2.24) is 14.8 Å². The molecule has 0 aliphatic heterocycles. The summed E-state index contributed by atoms with van der Waals surface area (Å²) in [4.78, 5) is 34.3.